The van der Waals surface area contributed by atoms with E-state index in [1.165, 1.54) is 12.1 Å². The molecule has 3 atom stereocenters. The Balaban J connectivity index is 1.79. The van der Waals surface area contributed by atoms with Crippen LogP contribution in [0.3, 0.4) is 0 Å². The predicted octanol–water partition coefficient (Wildman–Crippen LogP) is 3.55. The molecule has 0 radical (unpaired) electrons. The second-order valence-electron chi connectivity index (χ2n) is 7.00. The lowest BCUT2D eigenvalue weighted by atomic mass is 9.95. The van der Waals surface area contributed by atoms with Gasteiger partial charge in [0.1, 0.15) is 0 Å². The first-order valence-electron chi connectivity index (χ1n) is 9.05. The van der Waals surface area contributed by atoms with Crippen LogP contribution in [0.2, 0.25) is 0 Å². The molecule has 2 aromatic rings. The van der Waals surface area contributed by atoms with Crippen LogP contribution in [-0.2, 0) is 25.6 Å². The summed E-state index contributed by atoms with van der Waals surface area (Å²) in [6, 6.07) is 16.3. The molecular formula is C21H28O5S. The minimum atomic E-state index is -3.83. The molecule has 0 bridgehead atoms. The van der Waals surface area contributed by atoms with E-state index < -0.39 is 16.2 Å². The van der Waals surface area contributed by atoms with Crippen molar-refractivity contribution in [1.82, 2.24) is 0 Å². The molecule has 0 heterocycles. The molecule has 0 saturated carbocycles. The first-order valence-corrected chi connectivity index (χ1v) is 10.5. The average molecular weight is 393 g/mol. The van der Waals surface area contributed by atoms with Gasteiger partial charge in [0.15, 0.2) is 0 Å². The molecule has 1 N–H and O–H groups in total. The maximum atomic E-state index is 12.2. The van der Waals surface area contributed by atoms with Crippen LogP contribution in [0.25, 0.3) is 0 Å². The van der Waals surface area contributed by atoms with E-state index in [-0.39, 0.29) is 23.3 Å². The molecule has 2 rings (SSSR count). The fourth-order valence-corrected chi connectivity index (χ4v) is 3.66. The summed E-state index contributed by atoms with van der Waals surface area (Å²) in [6.07, 6.45) is -0.728. The van der Waals surface area contributed by atoms with Crippen molar-refractivity contribution in [3.8, 4) is 0 Å². The molecule has 0 aromatic heterocycles. The van der Waals surface area contributed by atoms with Crippen LogP contribution in [0.4, 0.5) is 0 Å². The highest BCUT2D eigenvalue weighted by molar-refractivity contribution is 7.86. The van der Waals surface area contributed by atoms with Gasteiger partial charge in [-0.2, -0.15) is 8.42 Å². The zero-order valence-electron chi connectivity index (χ0n) is 16.0. The molecule has 0 unspecified atom stereocenters. The fraction of sp³-hybridized carbons (Fsp3) is 0.429. The van der Waals surface area contributed by atoms with E-state index in [1.54, 1.807) is 19.1 Å². The van der Waals surface area contributed by atoms with Gasteiger partial charge in [-0.3, -0.25) is 4.18 Å². The Morgan fingerprint density at radius 1 is 0.926 bits per heavy atom. The van der Waals surface area contributed by atoms with Gasteiger partial charge in [0, 0.05) is 11.8 Å². The van der Waals surface area contributed by atoms with Crippen molar-refractivity contribution in [2.24, 2.45) is 11.8 Å². The Hall–Kier alpha value is -1.73. The number of aliphatic hydroxyl groups excluding tert-OH is 1. The number of ether oxygens (including phenoxy) is 1. The lowest BCUT2D eigenvalue weighted by Gasteiger charge is -2.24. The fourth-order valence-electron chi connectivity index (χ4n) is 2.66. The number of aryl methyl sites for hydroxylation is 1. The standard InChI is InChI=1S/C21H28O5S/c1-16-9-11-20(12-10-16)27(23,24)26-14-18(3)21(22)17(2)13-25-15-19-7-5-4-6-8-19/h4-12,17-18,21-22H,13-15H2,1-3H3/t17-,18-,21-/m1/s1. The quantitative estimate of drug-likeness (QED) is 0.626. The molecule has 5 nitrogen and oxygen atoms in total. The van der Waals surface area contributed by atoms with Crippen LogP contribution in [-0.4, -0.2) is 32.8 Å². The van der Waals surface area contributed by atoms with Gasteiger partial charge < -0.3 is 9.84 Å². The molecule has 0 fully saturated rings. The van der Waals surface area contributed by atoms with E-state index in [4.69, 9.17) is 8.92 Å². The van der Waals surface area contributed by atoms with Gasteiger partial charge in [0.2, 0.25) is 0 Å². The van der Waals surface area contributed by atoms with Crippen LogP contribution in [0.5, 0.6) is 0 Å². The molecule has 0 saturated heterocycles. The van der Waals surface area contributed by atoms with Gasteiger partial charge in [-0.25, -0.2) is 0 Å². The summed E-state index contributed by atoms with van der Waals surface area (Å²) in [5, 5.41) is 10.4. The zero-order chi connectivity index (χ0) is 19.9. The third-order valence-corrected chi connectivity index (χ3v) is 5.75. The minimum Gasteiger partial charge on any atom is -0.392 e. The van der Waals surface area contributed by atoms with Gasteiger partial charge in [0.05, 0.1) is 30.8 Å². The third kappa shape index (κ3) is 6.74. The Kier molecular flexibility index (Phi) is 7.98. The van der Waals surface area contributed by atoms with Crippen molar-refractivity contribution in [2.75, 3.05) is 13.2 Å². The van der Waals surface area contributed by atoms with Gasteiger partial charge in [-0.15, -0.1) is 0 Å². The summed E-state index contributed by atoms with van der Waals surface area (Å²) in [7, 11) is -3.83. The van der Waals surface area contributed by atoms with Gasteiger partial charge in [-0.05, 0) is 24.6 Å². The molecule has 27 heavy (non-hydrogen) atoms. The lowest BCUT2D eigenvalue weighted by Crippen LogP contribution is -2.32. The number of hydrogen-bond donors (Lipinski definition) is 1. The minimum absolute atomic E-state index is 0.0829. The van der Waals surface area contributed by atoms with Crippen molar-refractivity contribution >= 4 is 10.1 Å². The largest absolute Gasteiger partial charge is 0.392 e. The van der Waals surface area contributed by atoms with Gasteiger partial charge in [-0.1, -0.05) is 61.9 Å². The zero-order valence-corrected chi connectivity index (χ0v) is 16.9. The second-order valence-corrected chi connectivity index (χ2v) is 8.61. The Morgan fingerprint density at radius 2 is 1.52 bits per heavy atom. The van der Waals surface area contributed by atoms with E-state index in [0.29, 0.717) is 13.2 Å². The molecule has 0 aliphatic heterocycles. The number of benzene rings is 2. The van der Waals surface area contributed by atoms with E-state index >= 15 is 0 Å². The van der Waals surface area contributed by atoms with E-state index in [2.05, 4.69) is 0 Å². The summed E-state index contributed by atoms with van der Waals surface area (Å²) >= 11 is 0. The van der Waals surface area contributed by atoms with Crippen molar-refractivity contribution in [2.45, 2.75) is 38.4 Å². The topological polar surface area (TPSA) is 72.8 Å². The maximum Gasteiger partial charge on any atom is 0.296 e. The van der Waals surface area contributed by atoms with Crippen molar-refractivity contribution < 1.29 is 22.4 Å². The highest BCUT2D eigenvalue weighted by Crippen LogP contribution is 2.18. The van der Waals surface area contributed by atoms with Crippen LogP contribution in [0.15, 0.2) is 59.5 Å². The summed E-state index contributed by atoms with van der Waals surface area (Å²) in [5.74, 6) is -0.491. The SMILES string of the molecule is Cc1ccc(S(=O)(=O)OC[C@@H](C)[C@H](O)[C@H](C)COCc2ccccc2)cc1. The summed E-state index contributed by atoms with van der Waals surface area (Å²) in [6.45, 7) is 6.30. The Labute approximate surface area is 162 Å². The average Bonchev–Trinajstić information content (AvgIpc) is 2.66. The number of hydrogen-bond acceptors (Lipinski definition) is 5. The van der Waals surface area contributed by atoms with Crippen LogP contribution in [0, 0.1) is 18.8 Å². The highest BCUT2D eigenvalue weighted by Gasteiger charge is 2.24. The molecule has 0 spiro atoms. The molecular weight excluding hydrogens is 364 g/mol. The van der Waals surface area contributed by atoms with Gasteiger partial charge >= 0.3 is 0 Å². The number of aliphatic hydroxyl groups is 1. The van der Waals surface area contributed by atoms with E-state index in [0.717, 1.165) is 11.1 Å². The summed E-state index contributed by atoms with van der Waals surface area (Å²) < 4.78 is 35.3. The van der Waals surface area contributed by atoms with Crippen LogP contribution in [0.1, 0.15) is 25.0 Å². The molecule has 0 aliphatic carbocycles. The van der Waals surface area contributed by atoms with Crippen LogP contribution < -0.4 is 0 Å². The Morgan fingerprint density at radius 3 is 2.15 bits per heavy atom. The summed E-state index contributed by atoms with van der Waals surface area (Å²) in [5.41, 5.74) is 2.04. The van der Waals surface area contributed by atoms with Crippen molar-refractivity contribution in [3.05, 3.63) is 65.7 Å². The first-order chi connectivity index (χ1) is 12.8. The molecule has 148 valence electrons. The lowest BCUT2D eigenvalue weighted by molar-refractivity contribution is -0.00567. The predicted molar refractivity (Wildman–Crippen MR) is 105 cm³/mol. The van der Waals surface area contributed by atoms with Crippen molar-refractivity contribution in [3.63, 3.8) is 0 Å². The van der Waals surface area contributed by atoms with Crippen LogP contribution >= 0.6 is 0 Å². The Bertz CT molecular complexity index is 787. The molecule has 2 aromatic carbocycles. The maximum absolute atomic E-state index is 12.2. The van der Waals surface area contributed by atoms with Crippen molar-refractivity contribution in [1.29, 1.82) is 0 Å². The monoisotopic (exact) mass is 392 g/mol. The third-order valence-electron chi connectivity index (χ3n) is 4.45. The second kappa shape index (κ2) is 9.99. The normalized spacial score (nSPS) is 15.3. The molecule has 6 heteroatoms. The highest BCUT2D eigenvalue weighted by atomic mass is 32.2. The van der Waals surface area contributed by atoms with E-state index in [1.807, 2.05) is 44.2 Å². The number of rotatable bonds is 10. The van der Waals surface area contributed by atoms with Gasteiger partial charge in [0.25, 0.3) is 10.1 Å². The summed E-state index contributed by atoms with van der Waals surface area (Å²) in [4.78, 5) is 0.119. The molecule has 0 amide bonds. The first kappa shape index (κ1) is 21.6. The molecule has 0 aliphatic rings. The smallest absolute Gasteiger partial charge is 0.296 e. The van der Waals surface area contributed by atoms with E-state index in [9.17, 15) is 13.5 Å².